The standard InChI is InChI=1S/C14H21N3OS/c1-10-6-13(16-8-11(9-19)7-14(16)18)17(15-10)12-4-2-3-5-12/h6,11-12,19H,2-5,7-9H2,1H3. The van der Waals surface area contributed by atoms with E-state index in [4.69, 9.17) is 0 Å². The van der Waals surface area contributed by atoms with Crippen molar-refractivity contribution in [3.05, 3.63) is 11.8 Å². The van der Waals surface area contributed by atoms with Crippen LogP contribution in [0.1, 0.15) is 43.8 Å². The first-order valence-electron chi connectivity index (χ1n) is 7.16. The van der Waals surface area contributed by atoms with Crippen LogP contribution in [0.4, 0.5) is 5.82 Å². The molecule has 5 heteroatoms. The van der Waals surface area contributed by atoms with E-state index < -0.39 is 0 Å². The van der Waals surface area contributed by atoms with Crippen LogP contribution in [0.25, 0.3) is 0 Å². The van der Waals surface area contributed by atoms with Crippen LogP contribution in [0.2, 0.25) is 0 Å². The van der Waals surface area contributed by atoms with Crippen molar-refractivity contribution in [2.45, 2.75) is 45.1 Å². The highest BCUT2D eigenvalue weighted by Gasteiger charge is 2.33. The highest BCUT2D eigenvalue weighted by Crippen LogP contribution is 2.35. The third kappa shape index (κ3) is 2.40. The van der Waals surface area contributed by atoms with Gasteiger partial charge in [0.2, 0.25) is 5.91 Å². The first kappa shape index (κ1) is 13.0. The number of carbonyl (C=O) groups is 1. The van der Waals surface area contributed by atoms with Crippen LogP contribution in [0.3, 0.4) is 0 Å². The molecule has 104 valence electrons. The second-order valence-electron chi connectivity index (χ2n) is 5.78. The van der Waals surface area contributed by atoms with Gasteiger partial charge in [-0.1, -0.05) is 12.8 Å². The molecule has 1 aromatic heterocycles. The number of rotatable bonds is 3. The maximum absolute atomic E-state index is 12.2. The van der Waals surface area contributed by atoms with Gasteiger partial charge in [-0.05, 0) is 31.4 Å². The Hall–Kier alpha value is -0.970. The van der Waals surface area contributed by atoms with Crippen LogP contribution in [0, 0.1) is 12.8 Å². The summed E-state index contributed by atoms with van der Waals surface area (Å²) in [6.45, 7) is 2.80. The normalized spacial score (nSPS) is 24.6. The number of nitrogens with zero attached hydrogens (tertiary/aromatic N) is 3. The number of amides is 1. The highest BCUT2D eigenvalue weighted by atomic mass is 32.1. The molecule has 0 N–H and O–H groups in total. The summed E-state index contributed by atoms with van der Waals surface area (Å²) in [7, 11) is 0. The number of hydrogen-bond donors (Lipinski definition) is 1. The lowest BCUT2D eigenvalue weighted by Crippen LogP contribution is -2.28. The van der Waals surface area contributed by atoms with Crippen molar-refractivity contribution >= 4 is 24.4 Å². The molecule has 3 rings (SSSR count). The van der Waals surface area contributed by atoms with Gasteiger partial charge in [0.25, 0.3) is 0 Å². The van der Waals surface area contributed by atoms with Crippen LogP contribution in [-0.4, -0.2) is 28.0 Å². The fourth-order valence-electron chi connectivity index (χ4n) is 3.25. The van der Waals surface area contributed by atoms with Gasteiger partial charge in [-0.25, -0.2) is 4.68 Å². The second-order valence-corrected chi connectivity index (χ2v) is 6.15. The zero-order valence-corrected chi connectivity index (χ0v) is 12.3. The molecule has 1 saturated carbocycles. The van der Waals surface area contributed by atoms with Gasteiger partial charge in [0.15, 0.2) is 0 Å². The van der Waals surface area contributed by atoms with Crippen molar-refractivity contribution in [3.8, 4) is 0 Å². The van der Waals surface area contributed by atoms with Gasteiger partial charge in [-0.3, -0.25) is 9.69 Å². The molecule has 0 spiro atoms. The molecule has 0 radical (unpaired) electrons. The summed E-state index contributed by atoms with van der Waals surface area (Å²) in [4.78, 5) is 14.1. The summed E-state index contributed by atoms with van der Waals surface area (Å²) in [5.74, 6) is 2.37. The fraction of sp³-hybridized carbons (Fsp3) is 0.714. The molecule has 0 aromatic carbocycles. The van der Waals surface area contributed by atoms with E-state index >= 15 is 0 Å². The average Bonchev–Trinajstić information content (AvgIpc) is 3.07. The van der Waals surface area contributed by atoms with Crippen LogP contribution in [-0.2, 0) is 4.79 Å². The van der Waals surface area contributed by atoms with Crippen molar-refractivity contribution < 1.29 is 4.79 Å². The van der Waals surface area contributed by atoms with Gasteiger partial charge < -0.3 is 0 Å². The zero-order chi connectivity index (χ0) is 13.4. The van der Waals surface area contributed by atoms with Crippen molar-refractivity contribution in [3.63, 3.8) is 0 Å². The van der Waals surface area contributed by atoms with E-state index in [0.29, 0.717) is 18.4 Å². The van der Waals surface area contributed by atoms with Crippen molar-refractivity contribution in [1.82, 2.24) is 9.78 Å². The van der Waals surface area contributed by atoms with Gasteiger partial charge in [0.05, 0.1) is 11.7 Å². The van der Waals surface area contributed by atoms with E-state index in [1.807, 2.05) is 11.8 Å². The Morgan fingerprint density at radius 2 is 2.16 bits per heavy atom. The summed E-state index contributed by atoms with van der Waals surface area (Å²) in [6.07, 6.45) is 5.54. The quantitative estimate of drug-likeness (QED) is 0.864. The molecule has 1 aromatic rings. The summed E-state index contributed by atoms with van der Waals surface area (Å²) < 4.78 is 2.10. The lowest BCUT2D eigenvalue weighted by Gasteiger charge is -2.21. The molecule has 1 aliphatic carbocycles. The Morgan fingerprint density at radius 3 is 2.79 bits per heavy atom. The Balaban J connectivity index is 1.89. The summed E-state index contributed by atoms with van der Waals surface area (Å²) in [5, 5.41) is 4.63. The van der Waals surface area contributed by atoms with Crippen LogP contribution in [0.15, 0.2) is 6.07 Å². The zero-order valence-electron chi connectivity index (χ0n) is 11.4. The molecule has 19 heavy (non-hydrogen) atoms. The molecule has 1 saturated heterocycles. The molecular formula is C14H21N3OS. The summed E-state index contributed by atoms with van der Waals surface area (Å²) >= 11 is 4.33. The first-order chi connectivity index (χ1) is 9.19. The molecule has 1 amide bonds. The van der Waals surface area contributed by atoms with Crippen molar-refractivity contribution in [2.24, 2.45) is 5.92 Å². The van der Waals surface area contributed by atoms with Gasteiger partial charge >= 0.3 is 0 Å². The van der Waals surface area contributed by atoms with E-state index in [-0.39, 0.29) is 5.91 Å². The Kier molecular flexibility index (Phi) is 3.56. The van der Waals surface area contributed by atoms with E-state index in [1.54, 1.807) is 0 Å². The van der Waals surface area contributed by atoms with Gasteiger partial charge in [0, 0.05) is 19.0 Å². The molecule has 0 bridgehead atoms. The largest absolute Gasteiger partial charge is 0.297 e. The minimum absolute atomic E-state index is 0.221. The monoisotopic (exact) mass is 279 g/mol. The predicted molar refractivity (Wildman–Crippen MR) is 78.8 cm³/mol. The van der Waals surface area contributed by atoms with Gasteiger partial charge in [0.1, 0.15) is 5.82 Å². The minimum Gasteiger partial charge on any atom is -0.297 e. The van der Waals surface area contributed by atoms with E-state index in [2.05, 4.69) is 28.5 Å². The fourth-order valence-corrected chi connectivity index (χ4v) is 3.49. The highest BCUT2D eigenvalue weighted by molar-refractivity contribution is 7.80. The number of hydrogen-bond acceptors (Lipinski definition) is 3. The Morgan fingerprint density at radius 1 is 1.42 bits per heavy atom. The van der Waals surface area contributed by atoms with E-state index in [0.717, 1.165) is 23.8 Å². The lowest BCUT2D eigenvalue weighted by molar-refractivity contribution is -0.117. The molecule has 2 fully saturated rings. The maximum atomic E-state index is 12.2. The van der Waals surface area contributed by atoms with Crippen LogP contribution < -0.4 is 4.90 Å². The Bertz CT molecular complexity index is 479. The maximum Gasteiger partial charge on any atom is 0.228 e. The van der Waals surface area contributed by atoms with Crippen LogP contribution in [0.5, 0.6) is 0 Å². The van der Waals surface area contributed by atoms with E-state index in [9.17, 15) is 4.79 Å². The number of aryl methyl sites for hydroxylation is 1. The average molecular weight is 279 g/mol. The predicted octanol–water partition coefficient (Wildman–Crippen LogP) is 2.59. The first-order valence-corrected chi connectivity index (χ1v) is 7.79. The van der Waals surface area contributed by atoms with Crippen molar-refractivity contribution in [2.75, 3.05) is 17.2 Å². The lowest BCUT2D eigenvalue weighted by atomic mass is 10.1. The molecule has 1 atom stereocenters. The second kappa shape index (κ2) is 5.19. The van der Waals surface area contributed by atoms with Crippen molar-refractivity contribution in [1.29, 1.82) is 0 Å². The molecule has 1 aliphatic heterocycles. The number of thiol groups is 1. The van der Waals surface area contributed by atoms with Gasteiger partial charge in [-0.15, -0.1) is 0 Å². The smallest absolute Gasteiger partial charge is 0.228 e. The molecule has 2 aliphatic rings. The summed E-state index contributed by atoms with van der Waals surface area (Å²) in [6, 6.07) is 2.53. The van der Waals surface area contributed by atoms with Gasteiger partial charge in [-0.2, -0.15) is 17.7 Å². The third-order valence-corrected chi connectivity index (χ3v) is 4.77. The number of anilines is 1. The molecule has 1 unspecified atom stereocenters. The molecule has 2 heterocycles. The van der Waals surface area contributed by atoms with E-state index in [1.165, 1.54) is 25.7 Å². The van der Waals surface area contributed by atoms with Crippen LogP contribution >= 0.6 is 12.6 Å². The molecule has 4 nitrogen and oxygen atoms in total. The topological polar surface area (TPSA) is 38.1 Å². The SMILES string of the molecule is Cc1cc(N2CC(CS)CC2=O)n(C2CCCC2)n1. The number of aromatic nitrogens is 2. The minimum atomic E-state index is 0.221. The molecular weight excluding hydrogens is 258 g/mol. The summed E-state index contributed by atoms with van der Waals surface area (Å²) in [5.41, 5.74) is 1.00. The number of carbonyl (C=O) groups excluding carboxylic acids is 1. The Labute approximate surface area is 119 Å². The third-order valence-electron chi connectivity index (χ3n) is 4.25.